The van der Waals surface area contributed by atoms with E-state index in [9.17, 15) is 4.79 Å². The van der Waals surface area contributed by atoms with Crippen molar-refractivity contribution in [3.8, 4) is 0 Å². The van der Waals surface area contributed by atoms with E-state index in [-0.39, 0.29) is 11.2 Å². The second kappa shape index (κ2) is 10.3. The number of aromatic nitrogens is 2. The van der Waals surface area contributed by atoms with Crippen LogP contribution in [-0.4, -0.2) is 34.4 Å². The van der Waals surface area contributed by atoms with Gasteiger partial charge < -0.3 is 10.6 Å². The molecule has 0 bridgehead atoms. The molecule has 142 valence electrons. The Morgan fingerprint density at radius 3 is 2.96 bits per heavy atom. The summed E-state index contributed by atoms with van der Waals surface area (Å²) in [6.07, 6.45) is 7.43. The molecule has 2 aromatic heterocycles. The molecule has 2 N–H and O–H groups in total. The molecule has 5 nitrogen and oxygen atoms in total. The summed E-state index contributed by atoms with van der Waals surface area (Å²) < 4.78 is 0.837. The molecule has 2 heterocycles. The lowest BCUT2D eigenvalue weighted by atomic mass is 9.89. The summed E-state index contributed by atoms with van der Waals surface area (Å²) in [6.45, 7) is 3.60. The van der Waals surface area contributed by atoms with Crippen molar-refractivity contribution >= 4 is 45.5 Å². The largest absolute Gasteiger partial charge is 0.360 e. The Bertz CT molecular complexity index is 668. The number of nitrogens with zero attached hydrogens (tertiary/aromatic N) is 2. The van der Waals surface area contributed by atoms with Crippen molar-refractivity contribution in [3.63, 3.8) is 0 Å². The fourth-order valence-electron chi connectivity index (χ4n) is 3.06. The second-order valence-electron chi connectivity index (χ2n) is 6.64. The standard InChI is InChI=1S/C18H26N4OS3/c1-13(16(23)20-12-14-6-3-2-4-7-14)25-18-22-21-17(26-18)19-10-9-15-8-5-11-24-15/h5,8,11,13-14H,2-4,6-7,9-10,12H2,1H3,(H,19,21)(H,20,23). The van der Waals surface area contributed by atoms with Gasteiger partial charge in [0.2, 0.25) is 11.0 Å². The van der Waals surface area contributed by atoms with Crippen LogP contribution in [0.4, 0.5) is 5.13 Å². The Morgan fingerprint density at radius 2 is 2.19 bits per heavy atom. The average Bonchev–Trinajstić information content (AvgIpc) is 3.33. The maximum Gasteiger partial charge on any atom is 0.233 e. The van der Waals surface area contributed by atoms with Gasteiger partial charge in [0.15, 0.2) is 4.34 Å². The predicted octanol–water partition coefficient (Wildman–Crippen LogP) is 4.43. The molecular weight excluding hydrogens is 384 g/mol. The number of thiophene rings is 1. The van der Waals surface area contributed by atoms with Gasteiger partial charge in [0.05, 0.1) is 5.25 Å². The normalized spacial score (nSPS) is 16.3. The van der Waals surface area contributed by atoms with E-state index in [0.717, 1.165) is 29.0 Å². The first-order valence-corrected chi connectivity index (χ1v) is 11.8. The minimum absolute atomic E-state index is 0.1000. The molecule has 0 radical (unpaired) electrons. The lowest BCUT2D eigenvalue weighted by Crippen LogP contribution is -2.35. The van der Waals surface area contributed by atoms with Crippen LogP contribution in [0.15, 0.2) is 21.9 Å². The third kappa shape index (κ3) is 6.25. The Hall–Kier alpha value is -1.12. The summed E-state index contributed by atoms with van der Waals surface area (Å²) in [6, 6.07) is 4.21. The SMILES string of the molecule is CC(Sc1nnc(NCCc2cccs2)s1)C(=O)NCC1CCCCC1. The van der Waals surface area contributed by atoms with E-state index in [1.54, 1.807) is 11.3 Å². The first kappa shape index (κ1) is 19.6. The Labute approximate surface area is 167 Å². The summed E-state index contributed by atoms with van der Waals surface area (Å²) >= 11 is 4.77. The molecule has 3 rings (SSSR count). The Kier molecular flexibility index (Phi) is 7.76. The third-order valence-electron chi connectivity index (χ3n) is 4.57. The van der Waals surface area contributed by atoms with Crippen molar-refractivity contribution in [1.82, 2.24) is 15.5 Å². The summed E-state index contributed by atoms with van der Waals surface area (Å²) in [5.74, 6) is 0.758. The zero-order valence-corrected chi connectivity index (χ0v) is 17.5. The molecule has 1 fully saturated rings. The number of rotatable bonds is 9. The smallest absolute Gasteiger partial charge is 0.233 e. The number of nitrogens with one attached hydrogen (secondary N) is 2. The van der Waals surface area contributed by atoms with Crippen molar-refractivity contribution < 1.29 is 4.79 Å². The van der Waals surface area contributed by atoms with Crippen LogP contribution in [-0.2, 0) is 11.2 Å². The van der Waals surface area contributed by atoms with Gasteiger partial charge in [-0.15, -0.1) is 21.5 Å². The predicted molar refractivity (Wildman–Crippen MR) is 111 cm³/mol. The van der Waals surface area contributed by atoms with Crippen LogP contribution in [0.2, 0.25) is 0 Å². The molecule has 1 unspecified atom stereocenters. The number of amides is 1. The molecule has 1 saturated carbocycles. The van der Waals surface area contributed by atoms with E-state index in [2.05, 4.69) is 38.3 Å². The van der Waals surface area contributed by atoms with E-state index in [1.807, 2.05) is 6.92 Å². The molecule has 0 aliphatic heterocycles. The minimum Gasteiger partial charge on any atom is -0.360 e. The summed E-state index contributed by atoms with van der Waals surface area (Å²) in [5, 5.41) is 17.6. The van der Waals surface area contributed by atoms with Gasteiger partial charge in [-0.1, -0.05) is 48.4 Å². The Balaban J connectivity index is 1.37. The van der Waals surface area contributed by atoms with E-state index in [1.165, 1.54) is 60.1 Å². The third-order valence-corrected chi connectivity index (χ3v) is 7.57. The Morgan fingerprint density at radius 1 is 1.35 bits per heavy atom. The van der Waals surface area contributed by atoms with Crippen molar-refractivity contribution in [2.45, 2.75) is 55.0 Å². The molecule has 0 aromatic carbocycles. The van der Waals surface area contributed by atoms with Gasteiger partial charge in [-0.2, -0.15) is 0 Å². The molecule has 1 aliphatic carbocycles. The summed E-state index contributed by atoms with van der Waals surface area (Å²) in [5.41, 5.74) is 0. The topological polar surface area (TPSA) is 66.9 Å². The van der Waals surface area contributed by atoms with Gasteiger partial charge in [-0.3, -0.25) is 4.79 Å². The maximum atomic E-state index is 12.3. The van der Waals surface area contributed by atoms with Crippen LogP contribution in [0.5, 0.6) is 0 Å². The van der Waals surface area contributed by atoms with Gasteiger partial charge >= 0.3 is 0 Å². The van der Waals surface area contributed by atoms with E-state index in [4.69, 9.17) is 0 Å². The van der Waals surface area contributed by atoms with Gasteiger partial charge in [0, 0.05) is 18.0 Å². The van der Waals surface area contributed by atoms with Gasteiger partial charge in [0.25, 0.3) is 0 Å². The van der Waals surface area contributed by atoms with Crippen LogP contribution in [0.3, 0.4) is 0 Å². The van der Waals surface area contributed by atoms with Crippen LogP contribution >= 0.6 is 34.4 Å². The number of anilines is 1. The molecule has 1 atom stereocenters. The molecule has 1 aliphatic rings. The number of hydrogen-bond donors (Lipinski definition) is 2. The van der Waals surface area contributed by atoms with Gasteiger partial charge in [-0.25, -0.2) is 0 Å². The maximum absolute atomic E-state index is 12.3. The number of thioether (sulfide) groups is 1. The van der Waals surface area contributed by atoms with Gasteiger partial charge in [-0.05, 0) is 43.6 Å². The van der Waals surface area contributed by atoms with Crippen LogP contribution in [0, 0.1) is 5.92 Å². The lowest BCUT2D eigenvalue weighted by Gasteiger charge is -2.22. The number of carbonyl (C=O) groups is 1. The number of carbonyl (C=O) groups excluding carboxylic acids is 1. The van der Waals surface area contributed by atoms with E-state index < -0.39 is 0 Å². The van der Waals surface area contributed by atoms with Crippen molar-refractivity contribution in [2.24, 2.45) is 5.92 Å². The first-order valence-electron chi connectivity index (χ1n) is 9.25. The molecule has 0 spiro atoms. The highest BCUT2D eigenvalue weighted by Gasteiger charge is 2.19. The molecule has 1 amide bonds. The second-order valence-corrected chi connectivity index (χ2v) is 10.2. The highest BCUT2D eigenvalue weighted by molar-refractivity contribution is 8.02. The lowest BCUT2D eigenvalue weighted by molar-refractivity contribution is -0.120. The molecule has 8 heteroatoms. The van der Waals surface area contributed by atoms with Crippen LogP contribution in [0.1, 0.15) is 43.9 Å². The fraction of sp³-hybridized carbons (Fsp3) is 0.611. The average molecular weight is 411 g/mol. The zero-order chi connectivity index (χ0) is 18.2. The van der Waals surface area contributed by atoms with Crippen LogP contribution < -0.4 is 10.6 Å². The molecular formula is C18H26N4OS3. The molecule has 2 aromatic rings. The van der Waals surface area contributed by atoms with Gasteiger partial charge in [0.1, 0.15) is 0 Å². The quantitative estimate of drug-likeness (QED) is 0.599. The molecule has 0 saturated heterocycles. The van der Waals surface area contributed by atoms with E-state index >= 15 is 0 Å². The number of hydrogen-bond acceptors (Lipinski definition) is 7. The minimum atomic E-state index is -0.148. The highest BCUT2D eigenvalue weighted by atomic mass is 32.2. The monoisotopic (exact) mass is 410 g/mol. The summed E-state index contributed by atoms with van der Waals surface area (Å²) in [4.78, 5) is 13.7. The van der Waals surface area contributed by atoms with Crippen LogP contribution in [0.25, 0.3) is 0 Å². The zero-order valence-electron chi connectivity index (χ0n) is 15.1. The highest BCUT2D eigenvalue weighted by Crippen LogP contribution is 2.29. The molecule has 26 heavy (non-hydrogen) atoms. The van der Waals surface area contributed by atoms with Crippen molar-refractivity contribution in [3.05, 3.63) is 22.4 Å². The van der Waals surface area contributed by atoms with Crippen molar-refractivity contribution in [2.75, 3.05) is 18.4 Å². The van der Waals surface area contributed by atoms with E-state index in [0.29, 0.717) is 5.92 Å². The first-order chi connectivity index (χ1) is 12.7. The summed E-state index contributed by atoms with van der Waals surface area (Å²) in [7, 11) is 0. The fourth-order valence-corrected chi connectivity index (χ4v) is 5.72. The van der Waals surface area contributed by atoms with Crippen molar-refractivity contribution in [1.29, 1.82) is 0 Å².